The van der Waals surface area contributed by atoms with Gasteiger partial charge < -0.3 is 14.6 Å². The number of allylic oxidation sites excluding steroid dienone is 3. The molecule has 2 aliphatic carbocycles. The molecule has 6 unspecified atom stereocenters. The second-order valence-electron chi connectivity index (χ2n) is 14.4. The second-order valence-corrected chi connectivity index (χ2v) is 14.8. The average molecular weight is 757 g/mol. The van der Waals surface area contributed by atoms with E-state index in [0.717, 1.165) is 5.57 Å². The number of ether oxygens (including phenoxy) is 2. The maximum atomic E-state index is 15.4. The van der Waals surface area contributed by atoms with Crippen LogP contribution in [-0.4, -0.2) is 48.7 Å². The number of hydrogen-bond acceptors (Lipinski definition) is 8. The fraction of sp³-hybridized carbons (Fsp3) is 0.250. The number of ketones is 1. The number of aromatic hydroxyl groups is 1. The summed E-state index contributed by atoms with van der Waals surface area (Å²) in [6.07, 6.45) is 6.06. The lowest BCUT2D eigenvalue weighted by molar-refractivity contribution is -0.128. The van der Waals surface area contributed by atoms with Crippen LogP contribution in [0.4, 0.5) is 11.4 Å². The van der Waals surface area contributed by atoms with Gasteiger partial charge in [-0.05, 0) is 91.4 Å². The van der Waals surface area contributed by atoms with Crippen molar-refractivity contribution in [1.82, 2.24) is 0 Å². The molecule has 4 amide bonds. The van der Waals surface area contributed by atoms with Gasteiger partial charge in [-0.25, -0.2) is 4.90 Å². The molecule has 2 saturated heterocycles. The van der Waals surface area contributed by atoms with E-state index in [1.807, 2.05) is 42.5 Å². The molecule has 2 aliphatic heterocycles. The molecule has 6 atom stereocenters. The minimum Gasteiger partial charge on any atom is -0.502 e. The Balaban J connectivity index is 1.31. The van der Waals surface area contributed by atoms with Crippen LogP contribution in [0.5, 0.6) is 17.2 Å². The van der Waals surface area contributed by atoms with Crippen LogP contribution in [0.2, 0.25) is 5.02 Å². The Kier molecular flexibility index (Phi) is 8.96. The Bertz CT molecular complexity index is 2310. The molecule has 0 spiro atoms. The fourth-order valence-corrected chi connectivity index (χ4v) is 9.49. The zero-order chi connectivity index (χ0) is 38.8. The number of carbonyl (C=O) groups excluding carboxylic acids is 5. The smallest absolute Gasteiger partial charge is 0.246 e. The molecule has 55 heavy (non-hydrogen) atoms. The Morgan fingerprint density at radius 2 is 1.51 bits per heavy atom. The fourth-order valence-electron chi connectivity index (χ4n) is 9.31. The normalized spacial score (nSPS) is 25.8. The average Bonchev–Trinajstić information content (AvgIpc) is 3.58. The molecule has 3 fully saturated rings. The van der Waals surface area contributed by atoms with Gasteiger partial charge in [-0.2, -0.15) is 0 Å². The maximum absolute atomic E-state index is 15.4. The molecule has 8 rings (SSSR count). The second kappa shape index (κ2) is 13.7. The molecule has 2 heterocycles. The lowest BCUT2D eigenvalue weighted by atomic mass is 9.50. The van der Waals surface area contributed by atoms with Crippen LogP contribution >= 0.6 is 11.6 Å². The van der Waals surface area contributed by atoms with E-state index in [1.165, 1.54) is 30.9 Å². The first-order valence-electron chi connectivity index (χ1n) is 18.0. The number of imide groups is 2. The molecular weight excluding hydrogens is 720 g/mol. The molecule has 11 heteroatoms. The first kappa shape index (κ1) is 36.0. The third-order valence-electron chi connectivity index (χ3n) is 11.7. The minimum absolute atomic E-state index is 0.136. The van der Waals surface area contributed by atoms with E-state index < -0.39 is 46.8 Å². The number of phenolic OH excluding ortho intramolecular Hbond substituents is 1. The lowest BCUT2D eigenvalue weighted by Gasteiger charge is -2.49. The highest BCUT2D eigenvalue weighted by Gasteiger charge is 2.69. The summed E-state index contributed by atoms with van der Waals surface area (Å²) in [5.41, 5.74) is 1.76. The van der Waals surface area contributed by atoms with Gasteiger partial charge in [0, 0.05) is 16.5 Å². The van der Waals surface area contributed by atoms with Crippen molar-refractivity contribution < 1.29 is 38.6 Å². The quantitative estimate of drug-likeness (QED) is 0.114. The topological polar surface area (TPSA) is 131 Å². The van der Waals surface area contributed by atoms with E-state index in [2.05, 4.69) is 0 Å². The highest BCUT2D eigenvalue weighted by atomic mass is 35.5. The molecule has 0 bridgehead atoms. The predicted octanol–water partition coefficient (Wildman–Crippen LogP) is 7.18. The number of hydrogen-bond donors (Lipinski definition) is 1. The van der Waals surface area contributed by atoms with Crippen molar-refractivity contribution in [3.05, 3.63) is 130 Å². The van der Waals surface area contributed by atoms with Crippen LogP contribution in [0.1, 0.15) is 41.3 Å². The molecule has 4 aromatic rings. The summed E-state index contributed by atoms with van der Waals surface area (Å²) >= 11 is 6.41. The largest absolute Gasteiger partial charge is 0.502 e. The van der Waals surface area contributed by atoms with Gasteiger partial charge in [0.15, 0.2) is 17.3 Å². The van der Waals surface area contributed by atoms with Gasteiger partial charge in [0.1, 0.15) is 0 Å². The third kappa shape index (κ3) is 5.49. The van der Waals surface area contributed by atoms with E-state index in [1.54, 1.807) is 66.7 Å². The first-order valence-corrected chi connectivity index (χ1v) is 18.4. The number of benzene rings is 4. The molecule has 1 saturated carbocycles. The van der Waals surface area contributed by atoms with Gasteiger partial charge in [0.05, 0.1) is 48.8 Å². The number of phenols is 1. The summed E-state index contributed by atoms with van der Waals surface area (Å²) in [5.74, 6) is -5.21. The van der Waals surface area contributed by atoms with E-state index in [4.69, 9.17) is 21.1 Å². The molecule has 1 N–H and O–H groups in total. The Labute approximate surface area is 322 Å². The summed E-state index contributed by atoms with van der Waals surface area (Å²) in [6, 6.07) is 25.5. The number of methoxy groups -OCH3 is 2. The Morgan fingerprint density at radius 1 is 0.818 bits per heavy atom. The van der Waals surface area contributed by atoms with Crippen LogP contribution in [0.15, 0.2) is 109 Å². The van der Waals surface area contributed by atoms with Gasteiger partial charge in [0.25, 0.3) is 0 Å². The van der Waals surface area contributed by atoms with Crippen LogP contribution in [0.25, 0.3) is 6.08 Å². The zero-order valence-electron chi connectivity index (χ0n) is 30.3. The molecule has 4 aliphatic rings. The predicted molar refractivity (Wildman–Crippen MR) is 206 cm³/mol. The summed E-state index contributed by atoms with van der Waals surface area (Å²) in [7, 11) is 2.86. The lowest BCUT2D eigenvalue weighted by Crippen LogP contribution is -2.54. The van der Waals surface area contributed by atoms with Crippen LogP contribution in [0.3, 0.4) is 0 Å². The van der Waals surface area contributed by atoms with Crippen molar-refractivity contribution in [2.45, 2.75) is 25.2 Å². The van der Waals surface area contributed by atoms with Gasteiger partial charge in [-0.3, -0.25) is 28.9 Å². The monoisotopic (exact) mass is 756 g/mol. The van der Waals surface area contributed by atoms with Crippen LogP contribution < -0.4 is 19.3 Å². The summed E-state index contributed by atoms with van der Waals surface area (Å²) in [6.45, 7) is 1.45. The van der Waals surface area contributed by atoms with E-state index >= 15 is 4.79 Å². The van der Waals surface area contributed by atoms with Crippen LogP contribution in [0, 0.1) is 29.6 Å². The molecule has 0 radical (unpaired) electrons. The number of nitrogens with zero attached hydrogens (tertiary/aromatic N) is 2. The van der Waals surface area contributed by atoms with Crippen molar-refractivity contribution >= 4 is 58.5 Å². The first-order chi connectivity index (χ1) is 26.5. The Morgan fingerprint density at radius 3 is 2.15 bits per heavy atom. The highest BCUT2D eigenvalue weighted by molar-refractivity contribution is 6.32. The molecule has 278 valence electrons. The number of rotatable bonds is 8. The highest BCUT2D eigenvalue weighted by Crippen LogP contribution is 2.62. The maximum Gasteiger partial charge on any atom is 0.246 e. The number of halogens is 1. The number of fused-ring (bicyclic) bond motifs is 4. The Hall–Kier alpha value is -6.00. The number of carbonyl (C=O) groups is 5. The minimum atomic E-state index is -1.44. The van der Waals surface area contributed by atoms with Crippen molar-refractivity contribution in [3.8, 4) is 17.2 Å². The number of amides is 4. The summed E-state index contributed by atoms with van der Waals surface area (Å²) in [5, 5.41) is 11.0. The van der Waals surface area contributed by atoms with Crippen LogP contribution in [-0.2, 0) is 24.6 Å². The van der Waals surface area contributed by atoms with E-state index in [0.29, 0.717) is 33.1 Å². The molecule has 4 aromatic carbocycles. The van der Waals surface area contributed by atoms with E-state index in [9.17, 15) is 24.3 Å². The van der Waals surface area contributed by atoms with Crippen molar-refractivity contribution in [2.24, 2.45) is 29.6 Å². The van der Waals surface area contributed by atoms with Crippen molar-refractivity contribution in [3.63, 3.8) is 0 Å². The van der Waals surface area contributed by atoms with Gasteiger partial charge in [-0.15, -0.1) is 0 Å². The zero-order valence-corrected chi connectivity index (χ0v) is 31.0. The molecule has 10 nitrogen and oxygen atoms in total. The van der Waals surface area contributed by atoms with Gasteiger partial charge >= 0.3 is 0 Å². The number of Topliss-reactive ketones (excluding diaryl/α,β-unsaturated/α-hetero) is 1. The number of anilines is 2. The van der Waals surface area contributed by atoms with Crippen molar-refractivity contribution in [2.75, 3.05) is 24.0 Å². The molecular formula is C44H37ClN2O8. The third-order valence-corrected chi connectivity index (χ3v) is 12.0. The van der Waals surface area contributed by atoms with Gasteiger partial charge in [-0.1, -0.05) is 71.8 Å². The molecule has 0 aromatic heterocycles. The standard InChI is InChI=1S/C44H37ClN2O8/c1-24(48)26-13-15-29(16-14-26)46-40(50)32-18-17-31-33(38(32)42(46)52)23-35-41(51)47(30-11-7-10-28(45)22-30)43(53)44(35,27-8-5-4-6-9-27)34(31)19-12-25-20-36(54-2)39(49)37(21-25)55-3/h4-17,19-22,32-35,38,49H,18,23H2,1-3H3. The van der Waals surface area contributed by atoms with E-state index in [-0.39, 0.29) is 47.7 Å². The van der Waals surface area contributed by atoms with Crippen molar-refractivity contribution in [1.29, 1.82) is 0 Å². The SMILES string of the molecule is COc1cc(C=CC2C3=CCC4C(=O)N(c5ccc(C(C)=O)cc5)C(=O)C4C3CC3C(=O)N(c4cccc(Cl)c4)C(=O)C23c2ccccc2)cc(OC)c1O. The summed E-state index contributed by atoms with van der Waals surface area (Å²) in [4.78, 5) is 73.3. The summed E-state index contributed by atoms with van der Waals surface area (Å²) < 4.78 is 10.8. The van der Waals surface area contributed by atoms with Gasteiger partial charge in [0.2, 0.25) is 29.4 Å².